The number of halogens is 4. The van der Waals surface area contributed by atoms with Gasteiger partial charge in [0.05, 0.1) is 11.3 Å². The second kappa shape index (κ2) is 11.1. The first kappa shape index (κ1) is 26.3. The van der Waals surface area contributed by atoms with Crippen LogP contribution in [0.1, 0.15) is 41.6 Å². The van der Waals surface area contributed by atoms with Crippen LogP contribution in [-0.4, -0.2) is 50.1 Å². The summed E-state index contributed by atoms with van der Waals surface area (Å²) in [6, 6.07) is 17.6. The van der Waals surface area contributed by atoms with E-state index in [9.17, 15) is 18.0 Å². The molecule has 0 atom stereocenters. The fourth-order valence-corrected chi connectivity index (χ4v) is 5.27. The van der Waals surface area contributed by atoms with Crippen molar-refractivity contribution in [3.05, 3.63) is 71.8 Å². The van der Waals surface area contributed by atoms with Gasteiger partial charge in [-0.1, -0.05) is 43.2 Å². The summed E-state index contributed by atoms with van der Waals surface area (Å²) in [6.07, 6.45) is -0.0721. The molecule has 1 amide bonds. The number of unbranched alkanes of at least 4 members (excludes halogenated alkanes) is 3. The number of anilines is 2. The number of piperazine rings is 1. The van der Waals surface area contributed by atoms with Crippen molar-refractivity contribution >= 4 is 40.5 Å². The van der Waals surface area contributed by atoms with Crippen LogP contribution < -0.4 is 9.80 Å². The van der Waals surface area contributed by atoms with Gasteiger partial charge in [0.15, 0.2) is 0 Å². The van der Waals surface area contributed by atoms with E-state index < -0.39 is 11.7 Å². The van der Waals surface area contributed by atoms with E-state index in [-0.39, 0.29) is 18.3 Å². The number of hydrogen-bond donors (Lipinski definition) is 0. The molecule has 3 aromatic carbocycles. The molecule has 3 aromatic rings. The van der Waals surface area contributed by atoms with Gasteiger partial charge in [-0.3, -0.25) is 9.69 Å². The van der Waals surface area contributed by atoms with Gasteiger partial charge >= 0.3 is 6.18 Å². The number of amides is 1. The maximum Gasteiger partial charge on any atom is 0.416 e. The van der Waals surface area contributed by atoms with Crippen molar-refractivity contribution in [2.75, 3.05) is 49.1 Å². The number of hydrogen-bond acceptors (Lipinski definition) is 3. The summed E-state index contributed by atoms with van der Waals surface area (Å²) < 4.78 is 39.0. The van der Waals surface area contributed by atoms with Gasteiger partial charge in [-0.15, -0.1) is 12.4 Å². The van der Waals surface area contributed by atoms with E-state index in [4.69, 9.17) is 0 Å². The van der Waals surface area contributed by atoms with E-state index >= 15 is 0 Å². The van der Waals surface area contributed by atoms with Crippen LogP contribution in [0.25, 0.3) is 10.8 Å². The molecule has 1 fully saturated rings. The molecular weight excluding hydrogens is 487 g/mol. The molecule has 0 unspecified atom stereocenters. The molecule has 4 nitrogen and oxygen atoms in total. The average Bonchev–Trinajstić information content (AvgIpc) is 3.14. The highest BCUT2D eigenvalue weighted by atomic mass is 35.5. The Labute approximate surface area is 216 Å². The molecule has 0 radical (unpaired) electrons. The molecule has 36 heavy (non-hydrogen) atoms. The normalized spacial score (nSPS) is 16.0. The SMILES string of the molecule is Cl.O=C1c2cccc3cccc(c23)N1CCCCCCN1CCN(c2cccc(C(F)(F)F)c2)CC1. The van der Waals surface area contributed by atoms with Crippen molar-refractivity contribution in [1.29, 1.82) is 0 Å². The molecule has 192 valence electrons. The Balaban J connectivity index is 0.00000304. The number of benzene rings is 3. The average molecular weight is 518 g/mol. The molecule has 0 spiro atoms. The molecule has 8 heteroatoms. The maximum atomic E-state index is 13.0. The zero-order chi connectivity index (χ0) is 24.4. The van der Waals surface area contributed by atoms with Gasteiger partial charge in [-0.05, 0) is 55.1 Å². The zero-order valence-corrected chi connectivity index (χ0v) is 21.0. The third kappa shape index (κ3) is 5.47. The van der Waals surface area contributed by atoms with Gasteiger partial charge in [-0.25, -0.2) is 0 Å². The maximum absolute atomic E-state index is 13.0. The summed E-state index contributed by atoms with van der Waals surface area (Å²) in [7, 11) is 0. The van der Waals surface area contributed by atoms with Crippen molar-refractivity contribution in [2.45, 2.75) is 31.9 Å². The second-order valence-corrected chi connectivity index (χ2v) is 9.43. The Hall–Kier alpha value is -2.77. The quantitative estimate of drug-likeness (QED) is 0.314. The van der Waals surface area contributed by atoms with E-state index in [1.165, 1.54) is 12.1 Å². The summed E-state index contributed by atoms with van der Waals surface area (Å²) in [5.41, 5.74) is 1.89. The molecule has 0 aromatic heterocycles. The number of carbonyl (C=O) groups excluding carboxylic acids is 1. The summed E-state index contributed by atoms with van der Waals surface area (Å²) in [5, 5.41) is 2.19. The molecule has 2 aliphatic heterocycles. The first-order valence-corrected chi connectivity index (χ1v) is 12.4. The fraction of sp³-hybridized carbons (Fsp3) is 0.393. The highest BCUT2D eigenvalue weighted by Crippen LogP contribution is 2.37. The van der Waals surface area contributed by atoms with Crippen LogP contribution in [0.2, 0.25) is 0 Å². The zero-order valence-electron chi connectivity index (χ0n) is 20.1. The highest BCUT2D eigenvalue weighted by molar-refractivity contribution is 6.24. The van der Waals surface area contributed by atoms with Gasteiger partial charge < -0.3 is 9.80 Å². The lowest BCUT2D eigenvalue weighted by molar-refractivity contribution is -0.137. The van der Waals surface area contributed by atoms with Crippen LogP contribution in [0.15, 0.2) is 60.7 Å². The number of nitrogens with zero attached hydrogens (tertiary/aromatic N) is 3. The molecular formula is C28H31ClF3N3O. The Morgan fingerprint density at radius 2 is 1.44 bits per heavy atom. The van der Waals surface area contributed by atoms with Gasteiger partial charge in [0.1, 0.15) is 0 Å². The minimum atomic E-state index is -4.31. The lowest BCUT2D eigenvalue weighted by atomic mass is 10.1. The monoisotopic (exact) mass is 517 g/mol. The Bertz CT molecular complexity index is 1200. The number of carbonyl (C=O) groups is 1. The van der Waals surface area contributed by atoms with Crippen LogP contribution in [0.5, 0.6) is 0 Å². The van der Waals surface area contributed by atoms with Crippen LogP contribution in [0.3, 0.4) is 0 Å². The Morgan fingerprint density at radius 1 is 0.778 bits per heavy atom. The first-order valence-electron chi connectivity index (χ1n) is 12.4. The standard InChI is InChI=1S/C28H30F3N3O.ClH/c29-28(30,31)22-10-7-11-23(20-22)33-18-16-32(17-19-33)14-3-1-2-4-15-34-25-13-6-9-21-8-5-12-24(26(21)25)27(34)35;/h5-13,20H,1-4,14-19H2;1H. The Kier molecular flexibility index (Phi) is 8.10. The van der Waals surface area contributed by atoms with Crippen LogP contribution >= 0.6 is 12.4 Å². The first-order chi connectivity index (χ1) is 16.9. The summed E-state index contributed by atoms with van der Waals surface area (Å²) in [6.45, 7) is 4.95. The van der Waals surface area contributed by atoms with Crippen molar-refractivity contribution in [2.24, 2.45) is 0 Å². The van der Waals surface area contributed by atoms with E-state index in [1.807, 2.05) is 34.1 Å². The van der Waals surface area contributed by atoms with Crippen LogP contribution in [0, 0.1) is 0 Å². The summed E-state index contributed by atoms with van der Waals surface area (Å²) >= 11 is 0. The molecule has 0 saturated carbocycles. The topological polar surface area (TPSA) is 26.8 Å². The largest absolute Gasteiger partial charge is 0.416 e. The third-order valence-electron chi connectivity index (χ3n) is 7.17. The summed E-state index contributed by atoms with van der Waals surface area (Å²) in [5.74, 6) is 0.107. The number of rotatable bonds is 8. The lowest BCUT2D eigenvalue weighted by Crippen LogP contribution is -2.46. The van der Waals surface area contributed by atoms with E-state index in [2.05, 4.69) is 17.0 Å². The van der Waals surface area contributed by atoms with Crippen molar-refractivity contribution in [3.8, 4) is 0 Å². The van der Waals surface area contributed by atoms with Gasteiger partial charge in [0.25, 0.3) is 5.91 Å². The predicted octanol–water partition coefficient (Wildman–Crippen LogP) is 6.62. The van der Waals surface area contributed by atoms with Gasteiger partial charge in [0, 0.05) is 49.4 Å². The molecule has 1 saturated heterocycles. The van der Waals surface area contributed by atoms with Gasteiger partial charge in [0.2, 0.25) is 0 Å². The van der Waals surface area contributed by atoms with E-state index in [0.717, 1.165) is 93.0 Å². The van der Waals surface area contributed by atoms with Crippen LogP contribution in [0.4, 0.5) is 24.5 Å². The lowest BCUT2D eigenvalue weighted by Gasteiger charge is -2.36. The van der Waals surface area contributed by atoms with Crippen molar-refractivity contribution in [3.63, 3.8) is 0 Å². The minimum Gasteiger partial charge on any atom is -0.369 e. The smallest absolute Gasteiger partial charge is 0.369 e. The fourth-order valence-electron chi connectivity index (χ4n) is 5.27. The van der Waals surface area contributed by atoms with Gasteiger partial charge in [-0.2, -0.15) is 13.2 Å². The highest BCUT2D eigenvalue weighted by Gasteiger charge is 2.31. The molecule has 0 N–H and O–H groups in total. The van der Waals surface area contributed by atoms with Crippen LogP contribution in [-0.2, 0) is 6.18 Å². The predicted molar refractivity (Wildman–Crippen MR) is 141 cm³/mol. The van der Waals surface area contributed by atoms with E-state index in [1.54, 1.807) is 6.07 Å². The second-order valence-electron chi connectivity index (χ2n) is 9.43. The molecule has 2 heterocycles. The summed E-state index contributed by atoms with van der Waals surface area (Å²) in [4.78, 5) is 19.2. The Morgan fingerprint density at radius 3 is 2.17 bits per heavy atom. The van der Waals surface area contributed by atoms with Crippen molar-refractivity contribution < 1.29 is 18.0 Å². The number of alkyl halides is 3. The molecule has 0 aliphatic carbocycles. The molecule has 2 aliphatic rings. The molecule has 0 bridgehead atoms. The van der Waals surface area contributed by atoms with E-state index in [0.29, 0.717) is 5.69 Å². The minimum absolute atomic E-state index is 0. The van der Waals surface area contributed by atoms with Crippen molar-refractivity contribution in [1.82, 2.24) is 4.90 Å². The third-order valence-corrected chi connectivity index (χ3v) is 7.17. The molecule has 5 rings (SSSR count).